The van der Waals surface area contributed by atoms with Crippen LogP contribution in [0.25, 0.3) is 0 Å². The first-order chi connectivity index (χ1) is 17.7. The standard InChI is InChI=1S/C26H38ClN5O4S/c1-5-21-18-31(26-24(27)14-20(16-28-26)29-37(4,33)34)12-13-32(21)22-8-10-30(11-9-22)17-19-6-7-23(35-2)15-25(19)36-3/h6-7,14-16,21-22,29H,5,8-13,17-18H2,1-4H3/t21-/m0/s1. The summed E-state index contributed by atoms with van der Waals surface area (Å²) >= 11 is 6.51. The number of likely N-dealkylation sites (tertiary alicyclic amines) is 1. The van der Waals surface area contributed by atoms with Gasteiger partial charge in [-0.3, -0.25) is 14.5 Å². The van der Waals surface area contributed by atoms with Crippen LogP contribution in [0.15, 0.2) is 30.5 Å². The minimum absolute atomic E-state index is 0.376. The van der Waals surface area contributed by atoms with Gasteiger partial charge in [0.2, 0.25) is 10.0 Å². The van der Waals surface area contributed by atoms with Crippen molar-refractivity contribution >= 4 is 33.1 Å². The van der Waals surface area contributed by atoms with Gasteiger partial charge >= 0.3 is 0 Å². The third-order valence-electron chi connectivity index (χ3n) is 7.34. The zero-order chi connectivity index (χ0) is 26.6. The fourth-order valence-electron chi connectivity index (χ4n) is 5.47. The van der Waals surface area contributed by atoms with Gasteiger partial charge in [-0.25, -0.2) is 13.4 Å². The average molecular weight is 552 g/mol. The average Bonchev–Trinajstić information content (AvgIpc) is 2.88. The van der Waals surface area contributed by atoms with Crippen LogP contribution in [-0.2, 0) is 16.6 Å². The number of hydrogen-bond donors (Lipinski definition) is 1. The SMILES string of the molecule is CC[C@H]1CN(c2ncc(NS(C)(=O)=O)cc2Cl)CCN1C1CCN(Cc2ccc(OC)cc2OC)CC1. The Morgan fingerprint density at radius 2 is 1.86 bits per heavy atom. The fourth-order valence-corrected chi connectivity index (χ4v) is 6.30. The summed E-state index contributed by atoms with van der Waals surface area (Å²) in [7, 11) is 0.000371. The van der Waals surface area contributed by atoms with Crippen LogP contribution in [0, 0.1) is 0 Å². The highest BCUT2D eigenvalue weighted by molar-refractivity contribution is 7.92. The summed E-state index contributed by atoms with van der Waals surface area (Å²) in [6, 6.07) is 8.64. The zero-order valence-electron chi connectivity index (χ0n) is 22.1. The molecule has 0 bridgehead atoms. The molecule has 11 heteroatoms. The first-order valence-electron chi connectivity index (χ1n) is 12.8. The fraction of sp³-hybridized carbons (Fsp3) is 0.577. The van der Waals surface area contributed by atoms with E-state index in [1.807, 2.05) is 12.1 Å². The summed E-state index contributed by atoms with van der Waals surface area (Å²) in [6.45, 7) is 7.87. The van der Waals surface area contributed by atoms with E-state index < -0.39 is 10.0 Å². The smallest absolute Gasteiger partial charge is 0.229 e. The van der Waals surface area contributed by atoms with Gasteiger partial charge in [0.05, 0.1) is 37.4 Å². The van der Waals surface area contributed by atoms with Gasteiger partial charge in [0.15, 0.2) is 0 Å². The largest absolute Gasteiger partial charge is 0.497 e. The Hall–Kier alpha value is -2.27. The van der Waals surface area contributed by atoms with E-state index in [4.69, 9.17) is 21.1 Å². The van der Waals surface area contributed by atoms with Crippen LogP contribution < -0.4 is 19.1 Å². The number of nitrogens with one attached hydrogen (secondary N) is 1. The Bertz CT molecular complexity index is 1170. The molecule has 1 N–H and O–H groups in total. The van der Waals surface area contributed by atoms with Gasteiger partial charge in [-0.15, -0.1) is 0 Å². The quantitative estimate of drug-likeness (QED) is 0.505. The highest BCUT2D eigenvalue weighted by Gasteiger charge is 2.34. The van der Waals surface area contributed by atoms with E-state index in [0.29, 0.717) is 28.6 Å². The third kappa shape index (κ3) is 6.98. The maximum Gasteiger partial charge on any atom is 0.229 e. The van der Waals surface area contributed by atoms with Crippen molar-refractivity contribution < 1.29 is 17.9 Å². The van der Waals surface area contributed by atoms with Crippen LogP contribution in [0.4, 0.5) is 11.5 Å². The van der Waals surface area contributed by atoms with Gasteiger partial charge in [-0.2, -0.15) is 0 Å². The van der Waals surface area contributed by atoms with Crippen molar-refractivity contribution in [1.29, 1.82) is 0 Å². The molecule has 0 amide bonds. The summed E-state index contributed by atoms with van der Waals surface area (Å²) < 4.78 is 36.4. The minimum atomic E-state index is -3.38. The van der Waals surface area contributed by atoms with Crippen molar-refractivity contribution in [2.24, 2.45) is 0 Å². The number of ether oxygens (including phenoxy) is 2. The van der Waals surface area contributed by atoms with Crippen molar-refractivity contribution in [1.82, 2.24) is 14.8 Å². The Kier molecular flexibility index (Phi) is 9.05. The molecule has 204 valence electrons. The van der Waals surface area contributed by atoms with E-state index >= 15 is 0 Å². The molecule has 2 aromatic rings. The molecular formula is C26H38ClN5O4S. The molecule has 0 aliphatic carbocycles. The van der Waals surface area contributed by atoms with Crippen molar-refractivity contribution in [2.75, 3.05) is 62.8 Å². The molecule has 37 heavy (non-hydrogen) atoms. The van der Waals surface area contributed by atoms with Gasteiger partial charge in [0.1, 0.15) is 17.3 Å². The van der Waals surface area contributed by atoms with Crippen LogP contribution in [-0.4, -0.2) is 88.5 Å². The van der Waals surface area contributed by atoms with E-state index in [1.165, 1.54) is 11.8 Å². The Morgan fingerprint density at radius 1 is 1.11 bits per heavy atom. The van der Waals surface area contributed by atoms with Crippen LogP contribution >= 0.6 is 11.6 Å². The molecule has 2 fully saturated rings. The van der Waals surface area contributed by atoms with Gasteiger partial charge in [0, 0.05) is 49.9 Å². The number of methoxy groups -OCH3 is 2. The van der Waals surface area contributed by atoms with Gasteiger partial charge in [0.25, 0.3) is 0 Å². The second kappa shape index (κ2) is 12.1. The lowest BCUT2D eigenvalue weighted by Crippen LogP contribution is -2.58. The summed E-state index contributed by atoms with van der Waals surface area (Å²) in [4.78, 5) is 11.9. The highest BCUT2D eigenvalue weighted by Crippen LogP contribution is 2.31. The molecule has 0 saturated carbocycles. The molecule has 0 unspecified atom stereocenters. The second-order valence-electron chi connectivity index (χ2n) is 9.83. The Morgan fingerprint density at radius 3 is 2.49 bits per heavy atom. The molecular weight excluding hydrogens is 514 g/mol. The predicted octanol–water partition coefficient (Wildman–Crippen LogP) is 3.69. The van der Waals surface area contributed by atoms with E-state index in [-0.39, 0.29) is 0 Å². The monoisotopic (exact) mass is 551 g/mol. The topological polar surface area (TPSA) is 87.2 Å². The molecule has 2 saturated heterocycles. The van der Waals surface area contributed by atoms with Crippen molar-refractivity contribution in [3.05, 3.63) is 41.0 Å². The first-order valence-corrected chi connectivity index (χ1v) is 15.0. The molecule has 0 spiro atoms. The van der Waals surface area contributed by atoms with E-state index in [2.05, 4.69) is 37.4 Å². The van der Waals surface area contributed by atoms with Crippen LogP contribution in [0.2, 0.25) is 5.02 Å². The number of hydrogen-bond acceptors (Lipinski definition) is 8. The highest BCUT2D eigenvalue weighted by atomic mass is 35.5. The van der Waals surface area contributed by atoms with Gasteiger partial charge < -0.3 is 14.4 Å². The Labute approximate surface area is 225 Å². The Balaban J connectivity index is 1.34. The van der Waals surface area contributed by atoms with Crippen LogP contribution in [0.3, 0.4) is 0 Å². The molecule has 1 aromatic carbocycles. The number of nitrogens with zero attached hydrogens (tertiary/aromatic N) is 4. The number of rotatable bonds is 9. The number of anilines is 2. The molecule has 1 aromatic heterocycles. The molecule has 0 radical (unpaired) electrons. The molecule has 3 heterocycles. The summed E-state index contributed by atoms with van der Waals surface area (Å²) in [5.74, 6) is 2.39. The van der Waals surface area contributed by atoms with Gasteiger partial charge in [-0.1, -0.05) is 24.6 Å². The lowest BCUT2D eigenvalue weighted by Gasteiger charge is -2.47. The maximum absolute atomic E-state index is 11.5. The predicted molar refractivity (Wildman–Crippen MR) is 149 cm³/mol. The van der Waals surface area contributed by atoms with Crippen molar-refractivity contribution in [2.45, 2.75) is 44.8 Å². The minimum Gasteiger partial charge on any atom is -0.497 e. The number of halogens is 1. The summed E-state index contributed by atoms with van der Waals surface area (Å²) in [5.41, 5.74) is 1.56. The van der Waals surface area contributed by atoms with E-state index in [1.54, 1.807) is 20.3 Å². The summed E-state index contributed by atoms with van der Waals surface area (Å²) in [6.07, 6.45) is 5.97. The molecule has 4 rings (SSSR count). The lowest BCUT2D eigenvalue weighted by atomic mass is 9.97. The zero-order valence-corrected chi connectivity index (χ0v) is 23.7. The van der Waals surface area contributed by atoms with Gasteiger partial charge in [-0.05, 0) is 44.5 Å². The van der Waals surface area contributed by atoms with E-state index in [9.17, 15) is 8.42 Å². The van der Waals surface area contributed by atoms with E-state index in [0.717, 1.165) is 76.3 Å². The first kappa shape index (κ1) is 27.8. The van der Waals surface area contributed by atoms with Crippen molar-refractivity contribution in [3.63, 3.8) is 0 Å². The number of piperidine rings is 1. The number of pyridine rings is 1. The van der Waals surface area contributed by atoms with Crippen LogP contribution in [0.5, 0.6) is 11.5 Å². The number of aromatic nitrogens is 1. The molecule has 1 atom stereocenters. The second-order valence-corrected chi connectivity index (χ2v) is 12.0. The number of sulfonamides is 1. The molecule has 2 aliphatic heterocycles. The summed E-state index contributed by atoms with van der Waals surface area (Å²) in [5, 5.41) is 0.458. The normalized spacial score (nSPS) is 20.1. The van der Waals surface area contributed by atoms with Crippen molar-refractivity contribution in [3.8, 4) is 11.5 Å². The third-order valence-corrected chi connectivity index (χ3v) is 8.22. The lowest BCUT2D eigenvalue weighted by molar-refractivity contribution is 0.0608. The molecule has 2 aliphatic rings. The van der Waals surface area contributed by atoms with Crippen LogP contribution in [0.1, 0.15) is 31.7 Å². The maximum atomic E-state index is 11.5. The number of piperazine rings is 1. The number of benzene rings is 1. The molecule has 9 nitrogen and oxygen atoms in total.